The number of alkyl halides is 3. The van der Waals surface area contributed by atoms with E-state index in [1.165, 1.54) is 12.1 Å². The summed E-state index contributed by atoms with van der Waals surface area (Å²) >= 11 is 0. The first-order chi connectivity index (χ1) is 16.6. The van der Waals surface area contributed by atoms with Gasteiger partial charge in [0.25, 0.3) is 0 Å². The predicted octanol–water partition coefficient (Wildman–Crippen LogP) is 4.89. The number of sulfonamides is 1. The largest absolute Gasteiger partial charge is 0.451 e. The van der Waals surface area contributed by atoms with Crippen molar-refractivity contribution in [1.29, 1.82) is 0 Å². The van der Waals surface area contributed by atoms with E-state index < -0.39 is 33.9 Å². The molecule has 0 radical (unpaired) electrons. The van der Waals surface area contributed by atoms with E-state index >= 15 is 0 Å². The molecule has 0 aliphatic carbocycles. The van der Waals surface area contributed by atoms with Gasteiger partial charge in [0.15, 0.2) is 0 Å². The molecule has 5 rings (SSSR count). The van der Waals surface area contributed by atoms with Crippen molar-refractivity contribution in [3.63, 3.8) is 0 Å². The lowest BCUT2D eigenvalue weighted by Crippen LogP contribution is -2.45. The number of aromatic nitrogens is 2. The number of nitrogens with zero attached hydrogens (tertiary/aromatic N) is 3. The molecule has 1 fully saturated rings. The Bertz CT molecular complexity index is 1500. The molecule has 0 saturated carbocycles. The van der Waals surface area contributed by atoms with Gasteiger partial charge < -0.3 is 4.90 Å². The minimum Gasteiger partial charge on any atom is -0.356 e. The Kier molecular flexibility index (Phi) is 5.84. The predicted molar refractivity (Wildman–Crippen MR) is 124 cm³/mol. The third kappa shape index (κ3) is 4.65. The van der Waals surface area contributed by atoms with E-state index in [9.17, 15) is 26.0 Å². The Balaban J connectivity index is 1.45. The fraction of sp³-hybridized carbons (Fsp3) is 0.250. The van der Waals surface area contributed by atoms with Crippen molar-refractivity contribution in [1.82, 2.24) is 14.7 Å². The normalized spacial score (nSPS) is 15.7. The zero-order valence-corrected chi connectivity index (χ0v) is 19.1. The van der Waals surface area contributed by atoms with Gasteiger partial charge in [-0.05, 0) is 53.9 Å². The van der Waals surface area contributed by atoms with Gasteiger partial charge in [-0.15, -0.1) is 0 Å². The van der Waals surface area contributed by atoms with Crippen LogP contribution in [0.25, 0.3) is 21.7 Å². The maximum Gasteiger partial charge on any atom is 0.451 e. The van der Waals surface area contributed by atoms with Crippen LogP contribution in [0.1, 0.15) is 18.7 Å². The lowest BCUT2D eigenvalue weighted by Gasteiger charge is -2.34. The first kappa shape index (κ1) is 23.4. The van der Waals surface area contributed by atoms with E-state index in [0.717, 1.165) is 22.9 Å². The van der Waals surface area contributed by atoms with Crippen molar-refractivity contribution in [2.24, 2.45) is 0 Å². The molecule has 1 N–H and O–H groups in total. The quantitative estimate of drug-likeness (QED) is 0.317. The molecular formula is C24H20F4N4O2S. The molecule has 0 bridgehead atoms. The standard InChI is InChI=1S/C24H20F4N4O2S/c25-16-6-8-18(9-7-16)35(33,34)31-17-11-13-32(14-12-17)22-21-19-4-2-1-3-15(19)5-10-20(21)29-23(30-22)24(26,27)28/h1-10,17,31H,11-14H2. The fourth-order valence-electron chi connectivity index (χ4n) is 4.35. The van der Waals surface area contributed by atoms with Crippen LogP contribution in [-0.2, 0) is 16.2 Å². The summed E-state index contributed by atoms with van der Waals surface area (Å²) in [5.41, 5.74) is 0.195. The van der Waals surface area contributed by atoms with E-state index in [2.05, 4.69) is 14.7 Å². The summed E-state index contributed by atoms with van der Waals surface area (Å²) in [5, 5.41) is 2.13. The summed E-state index contributed by atoms with van der Waals surface area (Å²) < 4.78 is 81.8. The van der Waals surface area contributed by atoms with Crippen molar-refractivity contribution < 1.29 is 26.0 Å². The molecule has 0 unspecified atom stereocenters. The van der Waals surface area contributed by atoms with Gasteiger partial charge in [0.2, 0.25) is 15.8 Å². The highest BCUT2D eigenvalue weighted by atomic mass is 32.2. The maximum absolute atomic E-state index is 13.6. The van der Waals surface area contributed by atoms with E-state index in [0.29, 0.717) is 31.3 Å². The van der Waals surface area contributed by atoms with Gasteiger partial charge in [-0.25, -0.2) is 27.5 Å². The molecule has 0 atom stereocenters. The lowest BCUT2D eigenvalue weighted by molar-refractivity contribution is -0.144. The van der Waals surface area contributed by atoms with E-state index in [1.54, 1.807) is 23.1 Å². The number of piperidine rings is 1. The van der Waals surface area contributed by atoms with Gasteiger partial charge in [0, 0.05) is 19.1 Å². The van der Waals surface area contributed by atoms with Crippen LogP contribution in [0.4, 0.5) is 23.4 Å². The van der Waals surface area contributed by atoms with Crippen LogP contribution >= 0.6 is 0 Å². The molecule has 35 heavy (non-hydrogen) atoms. The van der Waals surface area contributed by atoms with Crippen LogP contribution in [0.15, 0.2) is 65.6 Å². The number of rotatable bonds is 4. The van der Waals surface area contributed by atoms with Gasteiger partial charge in [0.05, 0.1) is 15.8 Å². The van der Waals surface area contributed by atoms with Gasteiger partial charge >= 0.3 is 6.18 Å². The molecule has 182 valence electrons. The number of hydrogen-bond donors (Lipinski definition) is 1. The van der Waals surface area contributed by atoms with Crippen LogP contribution in [-0.4, -0.2) is 37.5 Å². The molecular weight excluding hydrogens is 484 g/mol. The molecule has 4 aromatic rings. The van der Waals surface area contributed by atoms with Gasteiger partial charge in [-0.2, -0.15) is 13.2 Å². The second kappa shape index (κ2) is 8.72. The monoisotopic (exact) mass is 504 g/mol. The molecule has 1 aliphatic rings. The number of anilines is 1. The minimum absolute atomic E-state index is 0.0515. The first-order valence-corrected chi connectivity index (χ1v) is 12.4. The molecule has 1 aliphatic heterocycles. The molecule has 1 aromatic heterocycles. The van der Waals surface area contributed by atoms with Crippen LogP contribution in [0.5, 0.6) is 0 Å². The third-order valence-electron chi connectivity index (χ3n) is 6.06. The zero-order chi connectivity index (χ0) is 24.8. The minimum atomic E-state index is -4.71. The Morgan fingerprint density at radius 3 is 2.29 bits per heavy atom. The molecule has 11 heteroatoms. The van der Waals surface area contributed by atoms with E-state index in [1.807, 2.05) is 18.2 Å². The molecule has 3 aromatic carbocycles. The smallest absolute Gasteiger partial charge is 0.356 e. The van der Waals surface area contributed by atoms with Gasteiger partial charge in [-0.3, -0.25) is 0 Å². The second-order valence-corrected chi connectivity index (χ2v) is 10.1. The number of benzene rings is 3. The summed E-state index contributed by atoms with van der Waals surface area (Å²) in [6, 6.07) is 14.7. The van der Waals surface area contributed by atoms with Crippen molar-refractivity contribution in [3.8, 4) is 0 Å². The Morgan fingerprint density at radius 2 is 1.60 bits per heavy atom. The average Bonchev–Trinajstić information content (AvgIpc) is 2.83. The Labute approximate surface area is 198 Å². The molecule has 1 saturated heterocycles. The van der Waals surface area contributed by atoms with Crippen LogP contribution in [0, 0.1) is 5.82 Å². The molecule has 2 heterocycles. The highest BCUT2D eigenvalue weighted by Crippen LogP contribution is 2.36. The van der Waals surface area contributed by atoms with Crippen molar-refractivity contribution in [2.45, 2.75) is 30.0 Å². The fourth-order valence-corrected chi connectivity index (χ4v) is 5.65. The van der Waals surface area contributed by atoms with Crippen LogP contribution in [0.3, 0.4) is 0 Å². The SMILES string of the molecule is O=S(=O)(NC1CCN(c2nc(C(F)(F)F)nc3ccc4ccccc4c23)CC1)c1ccc(F)cc1. The summed E-state index contributed by atoms with van der Waals surface area (Å²) in [7, 11) is -3.86. The molecule has 0 spiro atoms. The van der Waals surface area contributed by atoms with Crippen LogP contribution in [0.2, 0.25) is 0 Å². The summed E-state index contributed by atoms with van der Waals surface area (Å²) in [4.78, 5) is 9.38. The molecule has 0 amide bonds. The maximum atomic E-state index is 13.6. The van der Waals surface area contributed by atoms with Crippen LogP contribution < -0.4 is 9.62 Å². The highest BCUT2D eigenvalue weighted by molar-refractivity contribution is 7.89. The molecule has 6 nitrogen and oxygen atoms in total. The number of halogens is 4. The van der Waals surface area contributed by atoms with Crippen molar-refractivity contribution in [2.75, 3.05) is 18.0 Å². The second-order valence-electron chi connectivity index (χ2n) is 8.39. The first-order valence-electron chi connectivity index (χ1n) is 10.9. The summed E-state index contributed by atoms with van der Waals surface area (Å²) in [6.07, 6.45) is -3.99. The zero-order valence-electron chi connectivity index (χ0n) is 18.3. The topological polar surface area (TPSA) is 75.2 Å². The number of nitrogens with one attached hydrogen (secondary N) is 1. The highest BCUT2D eigenvalue weighted by Gasteiger charge is 2.37. The van der Waals surface area contributed by atoms with E-state index in [4.69, 9.17) is 0 Å². The van der Waals surface area contributed by atoms with Gasteiger partial charge in [-0.1, -0.05) is 30.3 Å². The van der Waals surface area contributed by atoms with Crippen molar-refractivity contribution >= 4 is 37.5 Å². The van der Waals surface area contributed by atoms with Crippen molar-refractivity contribution in [3.05, 3.63) is 72.3 Å². The number of fused-ring (bicyclic) bond motifs is 3. The Hall–Kier alpha value is -3.31. The summed E-state index contributed by atoms with van der Waals surface area (Å²) in [5.74, 6) is -1.58. The lowest BCUT2D eigenvalue weighted by atomic mass is 10.0. The van der Waals surface area contributed by atoms with Gasteiger partial charge in [0.1, 0.15) is 11.6 Å². The Morgan fingerprint density at radius 1 is 0.914 bits per heavy atom. The summed E-state index contributed by atoms with van der Waals surface area (Å²) in [6.45, 7) is 0.590. The average molecular weight is 505 g/mol. The number of hydrogen-bond acceptors (Lipinski definition) is 5. The third-order valence-corrected chi connectivity index (χ3v) is 7.60. The van der Waals surface area contributed by atoms with E-state index in [-0.39, 0.29) is 16.2 Å².